The van der Waals surface area contributed by atoms with Crippen molar-refractivity contribution in [1.82, 2.24) is 0 Å². The van der Waals surface area contributed by atoms with Crippen molar-refractivity contribution in [2.45, 2.75) is 92.6 Å². The third kappa shape index (κ3) is 3.71. The average molecular weight is 307 g/mol. The summed E-state index contributed by atoms with van der Waals surface area (Å²) >= 11 is 0. The van der Waals surface area contributed by atoms with Crippen molar-refractivity contribution in [2.75, 3.05) is 6.61 Å². The Kier molecular flexibility index (Phi) is 3.80. The van der Waals surface area contributed by atoms with Crippen LogP contribution in [-0.2, 0) is 4.74 Å². The molecule has 5 atom stereocenters. The van der Waals surface area contributed by atoms with Gasteiger partial charge in [0.05, 0.1) is 12.2 Å². The second-order valence-electron chi connectivity index (χ2n) is 11.4. The maximum Gasteiger partial charge on any atom is 0.0893 e. The van der Waals surface area contributed by atoms with Gasteiger partial charge in [-0.25, -0.2) is 0 Å². The monoisotopic (exact) mass is 306 g/mol. The molecule has 5 unspecified atom stereocenters. The SMILES string of the molecule is CC(CC1CC(C)(C)CC2(C)CC12)CC(C)(C)CC1(C)CO1. The lowest BCUT2D eigenvalue weighted by molar-refractivity contribution is 0.0994. The summed E-state index contributed by atoms with van der Waals surface area (Å²) in [7, 11) is 0. The van der Waals surface area contributed by atoms with E-state index in [1.807, 2.05) is 0 Å². The minimum atomic E-state index is 0.200. The first kappa shape index (κ1) is 16.8. The minimum Gasteiger partial charge on any atom is -0.370 e. The largest absolute Gasteiger partial charge is 0.370 e. The normalized spacial score (nSPS) is 44.3. The van der Waals surface area contributed by atoms with Gasteiger partial charge in [0, 0.05) is 0 Å². The van der Waals surface area contributed by atoms with Gasteiger partial charge in [0.2, 0.25) is 0 Å². The Morgan fingerprint density at radius 1 is 1.14 bits per heavy atom. The minimum absolute atomic E-state index is 0.200. The van der Waals surface area contributed by atoms with Crippen LogP contribution in [0.5, 0.6) is 0 Å². The highest BCUT2D eigenvalue weighted by Gasteiger charge is 2.59. The molecule has 2 aliphatic carbocycles. The molecule has 0 spiro atoms. The maximum absolute atomic E-state index is 5.63. The van der Waals surface area contributed by atoms with Crippen LogP contribution in [0.3, 0.4) is 0 Å². The molecule has 0 aromatic rings. The van der Waals surface area contributed by atoms with E-state index in [1.165, 1.54) is 38.5 Å². The number of hydrogen-bond acceptors (Lipinski definition) is 1. The molecule has 0 aromatic carbocycles. The molecule has 128 valence electrons. The number of epoxide rings is 1. The van der Waals surface area contributed by atoms with E-state index in [0.29, 0.717) is 16.2 Å². The van der Waals surface area contributed by atoms with Crippen molar-refractivity contribution in [3.63, 3.8) is 0 Å². The fraction of sp³-hybridized carbons (Fsp3) is 1.00. The second kappa shape index (κ2) is 4.98. The zero-order valence-electron chi connectivity index (χ0n) is 16.1. The zero-order valence-corrected chi connectivity index (χ0v) is 16.1. The van der Waals surface area contributed by atoms with Gasteiger partial charge in [-0.05, 0) is 79.4 Å². The van der Waals surface area contributed by atoms with Crippen LogP contribution in [0.4, 0.5) is 0 Å². The molecule has 3 rings (SSSR count). The summed E-state index contributed by atoms with van der Waals surface area (Å²) in [6.07, 6.45) is 8.44. The van der Waals surface area contributed by atoms with Crippen molar-refractivity contribution in [3.8, 4) is 0 Å². The van der Waals surface area contributed by atoms with Gasteiger partial charge in [0.15, 0.2) is 0 Å². The Labute approximate surface area is 138 Å². The molecule has 1 heteroatoms. The molecule has 2 saturated carbocycles. The highest BCUT2D eigenvalue weighted by Crippen LogP contribution is 2.68. The molecule has 3 aliphatic rings. The number of hydrogen-bond donors (Lipinski definition) is 0. The molecule has 0 bridgehead atoms. The smallest absolute Gasteiger partial charge is 0.0893 e. The van der Waals surface area contributed by atoms with Crippen LogP contribution in [0, 0.1) is 34.0 Å². The van der Waals surface area contributed by atoms with E-state index in [-0.39, 0.29) is 5.60 Å². The second-order valence-corrected chi connectivity index (χ2v) is 11.4. The maximum atomic E-state index is 5.63. The van der Waals surface area contributed by atoms with Gasteiger partial charge in [-0.3, -0.25) is 0 Å². The van der Waals surface area contributed by atoms with Gasteiger partial charge >= 0.3 is 0 Å². The van der Waals surface area contributed by atoms with Gasteiger partial charge in [-0.1, -0.05) is 41.5 Å². The summed E-state index contributed by atoms with van der Waals surface area (Å²) in [5.41, 5.74) is 1.88. The Bertz CT molecular complexity index is 428. The summed E-state index contributed by atoms with van der Waals surface area (Å²) in [6.45, 7) is 18.2. The fourth-order valence-corrected chi connectivity index (χ4v) is 6.50. The van der Waals surface area contributed by atoms with Gasteiger partial charge in [0.25, 0.3) is 0 Å². The van der Waals surface area contributed by atoms with E-state index in [2.05, 4.69) is 48.5 Å². The summed E-state index contributed by atoms with van der Waals surface area (Å²) in [6, 6.07) is 0. The van der Waals surface area contributed by atoms with Gasteiger partial charge in [-0.2, -0.15) is 0 Å². The van der Waals surface area contributed by atoms with Crippen molar-refractivity contribution in [1.29, 1.82) is 0 Å². The highest BCUT2D eigenvalue weighted by atomic mass is 16.6. The van der Waals surface area contributed by atoms with E-state index >= 15 is 0 Å². The van der Waals surface area contributed by atoms with Crippen LogP contribution >= 0.6 is 0 Å². The van der Waals surface area contributed by atoms with E-state index < -0.39 is 0 Å². The zero-order chi connectivity index (χ0) is 16.4. The van der Waals surface area contributed by atoms with Crippen molar-refractivity contribution in [2.24, 2.45) is 34.0 Å². The van der Waals surface area contributed by atoms with Gasteiger partial charge in [-0.15, -0.1) is 0 Å². The lowest BCUT2D eigenvalue weighted by Crippen LogP contribution is -2.31. The quantitative estimate of drug-likeness (QED) is 0.542. The Balaban J connectivity index is 1.54. The van der Waals surface area contributed by atoms with Crippen molar-refractivity contribution < 1.29 is 4.74 Å². The van der Waals surface area contributed by atoms with Crippen LogP contribution in [-0.4, -0.2) is 12.2 Å². The van der Waals surface area contributed by atoms with E-state index in [0.717, 1.165) is 24.4 Å². The molecule has 0 N–H and O–H groups in total. The molecular formula is C21H38O. The molecule has 0 aromatic heterocycles. The third-order valence-electron chi connectivity index (χ3n) is 6.78. The third-order valence-corrected chi connectivity index (χ3v) is 6.78. The highest BCUT2D eigenvalue weighted by molar-refractivity contribution is 5.09. The predicted octanol–water partition coefficient (Wildman–Crippen LogP) is 6.07. The summed E-state index contributed by atoms with van der Waals surface area (Å²) < 4.78 is 5.63. The first-order chi connectivity index (χ1) is 9.92. The van der Waals surface area contributed by atoms with Crippen LogP contribution in [0.25, 0.3) is 0 Å². The van der Waals surface area contributed by atoms with Crippen molar-refractivity contribution in [3.05, 3.63) is 0 Å². The van der Waals surface area contributed by atoms with E-state index in [9.17, 15) is 0 Å². The number of rotatable bonds is 6. The van der Waals surface area contributed by atoms with Crippen LogP contribution in [0.1, 0.15) is 87.0 Å². The molecular weight excluding hydrogens is 268 g/mol. The molecule has 3 fully saturated rings. The predicted molar refractivity (Wildman–Crippen MR) is 93.9 cm³/mol. The summed E-state index contributed by atoms with van der Waals surface area (Å²) in [5.74, 6) is 2.86. The van der Waals surface area contributed by atoms with E-state index in [4.69, 9.17) is 4.74 Å². The van der Waals surface area contributed by atoms with E-state index in [1.54, 1.807) is 0 Å². The topological polar surface area (TPSA) is 12.5 Å². The number of fused-ring (bicyclic) bond motifs is 1. The Morgan fingerprint density at radius 3 is 2.36 bits per heavy atom. The standard InChI is InChI=1S/C21H38O/c1-15(9-18(2,3)13-21(7)14-22-21)8-16-10-19(4,5)12-20(6)11-17(16)20/h15-17H,8-14H2,1-7H3. The molecule has 1 saturated heterocycles. The Morgan fingerprint density at radius 2 is 1.77 bits per heavy atom. The number of ether oxygens (including phenoxy) is 1. The molecule has 22 heavy (non-hydrogen) atoms. The van der Waals surface area contributed by atoms with Crippen molar-refractivity contribution >= 4 is 0 Å². The lowest BCUT2D eigenvalue weighted by atomic mass is 9.65. The lowest BCUT2D eigenvalue weighted by Gasteiger charge is -2.40. The first-order valence-electron chi connectivity index (χ1n) is 9.56. The summed E-state index contributed by atoms with van der Waals surface area (Å²) in [4.78, 5) is 0. The molecule has 0 radical (unpaired) electrons. The first-order valence-corrected chi connectivity index (χ1v) is 9.56. The fourth-order valence-electron chi connectivity index (χ4n) is 6.50. The van der Waals surface area contributed by atoms with Crippen LogP contribution in [0.2, 0.25) is 0 Å². The average Bonchev–Trinajstić information content (AvgIpc) is 3.13. The summed E-state index contributed by atoms with van der Waals surface area (Å²) in [5, 5.41) is 0. The van der Waals surface area contributed by atoms with Crippen LogP contribution in [0.15, 0.2) is 0 Å². The molecule has 1 nitrogen and oxygen atoms in total. The molecule has 1 aliphatic heterocycles. The van der Waals surface area contributed by atoms with Crippen LogP contribution < -0.4 is 0 Å². The molecule has 1 heterocycles. The van der Waals surface area contributed by atoms with Gasteiger partial charge in [0.1, 0.15) is 0 Å². The van der Waals surface area contributed by atoms with Gasteiger partial charge < -0.3 is 4.74 Å². The molecule has 0 amide bonds. The Hall–Kier alpha value is -0.0400.